The Morgan fingerprint density at radius 1 is 0.750 bits per heavy atom. The molecule has 0 saturated carbocycles. The van der Waals surface area contributed by atoms with Crippen LogP contribution >= 0.6 is 17.0 Å². The number of hydrogen-bond donors (Lipinski definition) is 1. The van der Waals surface area contributed by atoms with E-state index < -0.39 is 0 Å². The summed E-state index contributed by atoms with van der Waals surface area (Å²) in [5, 5.41) is 3.69. The largest absolute Gasteiger partial charge is 0.466 e. The topological polar surface area (TPSA) is 38.3 Å². The van der Waals surface area contributed by atoms with Crippen molar-refractivity contribution in [1.29, 1.82) is 0 Å². The molecule has 0 aliphatic heterocycles. The van der Waals surface area contributed by atoms with Gasteiger partial charge in [0, 0.05) is 12.0 Å². The third-order valence-corrected chi connectivity index (χ3v) is 5.37. The van der Waals surface area contributed by atoms with Crippen molar-refractivity contribution >= 4 is 23.0 Å². The van der Waals surface area contributed by atoms with Crippen LogP contribution < -0.4 is 5.32 Å². The number of esters is 1. The highest BCUT2D eigenvalue weighted by Gasteiger charge is 2.15. The molecule has 0 heterocycles. The molecule has 4 heteroatoms. The molecule has 0 amide bonds. The van der Waals surface area contributed by atoms with Gasteiger partial charge in [-0.25, -0.2) is 0 Å². The number of ether oxygens (including phenoxy) is 1. The molecule has 3 nitrogen and oxygen atoms in total. The minimum atomic E-state index is -0.0534. The molecular weight excluding hydrogens is 414 g/mol. The maximum atomic E-state index is 11.3. The van der Waals surface area contributed by atoms with Crippen molar-refractivity contribution in [2.45, 2.75) is 136 Å². The van der Waals surface area contributed by atoms with Gasteiger partial charge in [0.05, 0.1) is 6.61 Å². The molecule has 0 aliphatic carbocycles. The number of carbonyl (C=O) groups excluding carboxylic acids is 1. The van der Waals surface area contributed by atoms with Crippen LogP contribution in [0.3, 0.4) is 0 Å². The van der Waals surface area contributed by atoms with Crippen molar-refractivity contribution in [2.75, 3.05) is 13.2 Å². The molecule has 0 aliphatic rings. The van der Waals surface area contributed by atoms with Crippen LogP contribution in [0, 0.1) is 0 Å². The maximum absolute atomic E-state index is 11.3. The molecular formula is C24H50BrNO2. The van der Waals surface area contributed by atoms with E-state index in [0.29, 0.717) is 13.0 Å². The smallest absolute Gasteiger partial charge is 0.305 e. The quantitative estimate of drug-likeness (QED) is 0.148. The summed E-state index contributed by atoms with van der Waals surface area (Å²) in [5.74, 6) is -0.0534. The molecule has 0 rings (SSSR count). The molecule has 0 fully saturated rings. The number of nitrogens with one attached hydrogen (secondary N) is 1. The van der Waals surface area contributed by atoms with Crippen LogP contribution in [-0.4, -0.2) is 24.7 Å². The van der Waals surface area contributed by atoms with Crippen molar-refractivity contribution in [3.8, 4) is 0 Å². The highest BCUT2D eigenvalue weighted by atomic mass is 79.9. The fourth-order valence-electron chi connectivity index (χ4n) is 3.55. The lowest BCUT2D eigenvalue weighted by atomic mass is 9.95. The Morgan fingerprint density at radius 2 is 1.25 bits per heavy atom. The van der Waals surface area contributed by atoms with E-state index in [9.17, 15) is 4.79 Å². The highest BCUT2D eigenvalue weighted by Crippen LogP contribution is 2.16. The van der Waals surface area contributed by atoms with E-state index in [2.05, 4.69) is 26.1 Å². The van der Waals surface area contributed by atoms with Gasteiger partial charge in [-0.2, -0.15) is 0 Å². The summed E-state index contributed by atoms with van der Waals surface area (Å²) >= 11 is 0. The maximum Gasteiger partial charge on any atom is 0.305 e. The summed E-state index contributed by atoms with van der Waals surface area (Å²) in [6.45, 7) is 10.3. The first kappa shape index (κ1) is 30.1. The van der Waals surface area contributed by atoms with Gasteiger partial charge in [-0.15, -0.1) is 17.0 Å². The zero-order valence-corrected chi connectivity index (χ0v) is 21.2. The Kier molecular flexibility index (Phi) is 23.2. The lowest BCUT2D eigenvalue weighted by Crippen LogP contribution is -2.39. The Labute approximate surface area is 186 Å². The van der Waals surface area contributed by atoms with Crippen molar-refractivity contribution in [3.05, 3.63) is 0 Å². The van der Waals surface area contributed by atoms with Crippen LogP contribution in [-0.2, 0) is 9.53 Å². The minimum Gasteiger partial charge on any atom is -0.466 e. The van der Waals surface area contributed by atoms with E-state index in [4.69, 9.17) is 4.74 Å². The SMILES string of the molecule is Br.CCCCCCCCCCCCCC(C)(C)NCCCCCC(=O)OCC. The molecule has 0 aromatic carbocycles. The monoisotopic (exact) mass is 463 g/mol. The molecule has 0 aromatic heterocycles. The second-order valence-electron chi connectivity index (χ2n) is 8.71. The molecule has 0 spiro atoms. The molecule has 170 valence electrons. The molecule has 0 bridgehead atoms. The molecule has 1 N–H and O–H groups in total. The Bertz CT molecular complexity index is 335. The lowest BCUT2D eigenvalue weighted by Gasteiger charge is -2.26. The number of hydrogen-bond acceptors (Lipinski definition) is 3. The zero-order chi connectivity index (χ0) is 20.2. The van der Waals surface area contributed by atoms with Gasteiger partial charge >= 0.3 is 5.97 Å². The van der Waals surface area contributed by atoms with Crippen LogP contribution in [0.1, 0.15) is 130 Å². The standard InChI is InChI=1S/C24H49NO2.BrH/c1-5-7-8-9-10-11-12-13-14-15-18-21-24(3,4)25-22-19-16-17-20-23(26)27-6-2;/h25H,5-22H2,1-4H3;1H. The average Bonchev–Trinajstić information content (AvgIpc) is 2.62. The van der Waals surface area contributed by atoms with Gasteiger partial charge in [-0.1, -0.05) is 84.0 Å². The van der Waals surface area contributed by atoms with E-state index in [1.54, 1.807) is 0 Å². The lowest BCUT2D eigenvalue weighted by molar-refractivity contribution is -0.143. The fraction of sp³-hybridized carbons (Fsp3) is 0.958. The van der Waals surface area contributed by atoms with Crippen LogP contribution in [0.2, 0.25) is 0 Å². The Balaban J connectivity index is 0. The first-order valence-corrected chi connectivity index (χ1v) is 11.9. The third kappa shape index (κ3) is 22.2. The van der Waals surface area contributed by atoms with E-state index >= 15 is 0 Å². The molecule has 0 atom stereocenters. The average molecular weight is 465 g/mol. The van der Waals surface area contributed by atoms with Gasteiger partial charge in [-0.3, -0.25) is 4.79 Å². The van der Waals surface area contributed by atoms with Crippen molar-refractivity contribution in [3.63, 3.8) is 0 Å². The van der Waals surface area contributed by atoms with Crippen molar-refractivity contribution in [1.82, 2.24) is 5.32 Å². The summed E-state index contributed by atoms with van der Waals surface area (Å²) in [7, 11) is 0. The summed E-state index contributed by atoms with van der Waals surface area (Å²) in [5.41, 5.74) is 0.237. The van der Waals surface area contributed by atoms with Gasteiger partial charge in [0.1, 0.15) is 0 Å². The summed E-state index contributed by atoms with van der Waals surface area (Å²) in [4.78, 5) is 11.3. The Morgan fingerprint density at radius 3 is 1.79 bits per heavy atom. The minimum absolute atomic E-state index is 0. The van der Waals surface area contributed by atoms with Crippen molar-refractivity contribution in [2.24, 2.45) is 0 Å². The number of rotatable bonds is 20. The van der Waals surface area contributed by atoms with Gasteiger partial charge in [0.25, 0.3) is 0 Å². The first-order valence-electron chi connectivity index (χ1n) is 11.9. The van der Waals surface area contributed by atoms with Gasteiger partial charge < -0.3 is 10.1 Å². The summed E-state index contributed by atoms with van der Waals surface area (Å²) in [6, 6.07) is 0. The van der Waals surface area contributed by atoms with Crippen LogP contribution in [0.4, 0.5) is 0 Å². The van der Waals surface area contributed by atoms with Crippen LogP contribution in [0.5, 0.6) is 0 Å². The summed E-state index contributed by atoms with van der Waals surface area (Å²) in [6.07, 6.45) is 20.5. The number of carbonyl (C=O) groups is 1. The zero-order valence-electron chi connectivity index (χ0n) is 19.5. The third-order valence-electron chi connectivity index (χ3n) is 5.37. The van der Waals surface area contributed by atoms with Crippen LogP contribution in [0.25, 0.3) is 0 Å². The van der Waals surface area contributed by atoms with E-state index in [0.717, 1.165) is 25.8 Å². The first-order chi connectivity index (χ1) is 13.0. The van der Waals surface area contributed by atoms with Gasteiger partial charge in [0.2, 0.25) is 0 Å². The number of unbranched alkanes of at least 4 members (excludes halogenated alkanes) is 12. The van der Waals surface area contributed by atoms with E-state index in [1.165, 1.54) is 77.0 Å². The van der Waals surface area contributed by atoms with Gasteiger partial charge in [0.15, 0.2) is 0 Å². The Hall–Kier alpha value is -0.0900. The second-order valence-corrected chi connectivity index (χ2v) is 8.71. The number of halogens is 1. The highest BCUT2D eigenvalue weighted by molar-refractivity contribution is 8.93. The van der Waals surface area contributed by atoms with Gasteiger partial charge in [-0.05, 0) is 46.6 Å². The predicted octanol–water partition coefficient (Wildman–Crippen LogP) is 7.76. The van der Waals surface area contributed by atoms with Crippen molar-refractivity contribution < 1.29 is 9.53 Å². The molecule has 28 heavy (non-hydrogen) atoms. The predicted molar refractivity (Wildman–Crippen MR) is 129 cm³/mol. The fourth-order valence-corrected chi connectivity index (χ4v) is 3.55. The summed E-state index contributed by atoms with van der Waals surface area (Å²) < 4.78 is 4.95. The van der Waals surface area contributed by atoms with E-state index in [-0.39, 0.29) is 28.5 Å². The molecule has 0 saturated heterocycles. The van der Waals surface area contributed by atoms with Crippen LogP contribution in [0.15, 0.2) is 0 Å². The second kappa shape index (κ2) is 21.6. The normalized spacial score (nSPS) is 11.3. The molecule has 0 aromatic rings. The molecule has 0 unspecified atom stereocenters. The van der Waals surface area contributed by atoms with E-state index in [1.807, 2.05) is 6.92 Å². The molecule has 0 radical (unpaired) electrons.